The maximum atomic E-state index is 12.2. The van der Waals surface area contributed by atoms with Crippen LogP contribution in [0.15, 0.2) is 46.7 Å². The van der Waals surface area contributed by atoms with Gasteiger partial charge in [0.1, 0.15) is 5.78 Å². The molecule has 1 heterocycles. The van der Waals surface area contributed by atoms with Crippen molar-refractivity contribution in [1.29, 1.82) is 0 Å². The molecule has 0 amide bonds. The average molecular weight is 276 g/mol. The summed E-state index contributed by atoms with van der Waals surface area (Å²) >= 11 is 3.37. The van der Waals surface area contributed by atoms with Crippen LogP contribution in [0.4, 0.5) is 0 Å². The molecular weight excluding hydrogens is 260 g/mol. The molecule has 0 aliphatic heterocycles. The highest BCUT2D eigenvalue weighted by Gasteiger charge is 2.16. The van der Waals surface area contributed by atoms with Gasteiger partial charge in [0.25, 0.3) is 0 Å². The first-order valence-electron chi connectivity index (χ1n) is 5.89. The minimum atomic E-state index is 0.00484. The zero-order valence-corrected chi connectivity index (χ0v) is 12.2. The molecule has 0 saturated heterocycles. The molecule has 1 unspecified atom stereocenters. The Hall–Kier alpha value is -1.06. The number of Topliss-reactive ketones (excluding diaryl/α,β-unsaturated/α-hetero) is 1. The van der Waals surface area contributed by atoms with E-state index in [1.807, 2.05) is 36.6 Å². The third kappa shape index (κ3) is 3.24. The summed E-state index contributed by atoms with van der Waals surface area (Å²) in [5.41, 5.74) is 1.10. The molecule has 1 aromatic carbocycles. The Morgan fingerprint density at radius 1 is 1.28 bits per heavy atom. The van der Waals surface area contributed by atoms with Crippen molar-refractivity contribution in [2.75, 3.05) is 6.26 Å². The molecule has 3 heteroatoms. The molecule has 0 aliphatic rings. The van der Waals surface area contributed by atoms with Crippen LogP contribution >= 0.6 is 23.1 Å². The Bertz CT molecular complexity index is 500. The number of benzene rings is 1. The predicted octanol–water partition coefficient (Wildman–Crippen LogP) is 4.39. The first-order valence-corrected chi connectivity index (χ1v) is 8.00. The van der Waals surface area contributed by atoms with Gasteiger partial charge in [0.15, 0.2) is 0 Å². The molecule has 0 spiro atoms. The second-order valence-electron chi connectivity index (χ2n) is 4.23. The van der Waals surface area contributed by atoms with Gasteiger partial charge >= 0.3 is 0 Å². The summed E-state index contributed by atoms with van der Waals surface area (Å²) in [7, 11) is 0. The van der Waals surface area contributed by atoms with E-state index in [2.05, 4.69) is 18.4 Å². The van der Waals surface area contributed by atoms with Gasteiger partial charge in [-0.3, -0.25) is 4.79 Å². The Kier molecular flexibility index (Phi) is 4.61. The van der Waals surface area contributed by atoms with Gasteiger partial charge in [-0.1, -0.05) is 25.1 Å². The van der Waals surface area contributed by atoms with Crippen LogP contribution in [0.3, 0.4) is 0 Å². The molecule has 0 bridgehead atoms. The Morgan fingerprint density at radius 2 is 2.00 bits per heavy atom. The van der Waals surface area contributed by atoms with Crippen LogP contribution in [-0.2, 0) is 11.2 Å². The third-order valence-electron chi connectivity index (χ3n) is 2.99. The van der Waals surface area contributed by atoms with E-state index in [0.717, 1.165) is 10.4 Å². The number of ketones is 1. The fourth-order valence-electron chi connectivity index (χ4n) is 1.79. The molecule has 1 aromatic heterocycles. The second-order valence-corrected chi connectivity index (χ2v) is 6.09. The van der Waals surface area contributed by atoms with Crippen LogP contribution in [-0.4, -0.2) is 12.0 Å². The molecule has 1 atom stereocenters. The number of rotatable bonds is 5. The smallest absolute Gasteiger partial charge is 0.145 e. The molecule has 0 radical (unpaired) electrons. The maximum absolute atomic E-state index is 12.2. The Morgan fingerprint density at radius 3 is 2.56 bits per heavy atom. The van der Waals surface area contributed by atoms with Gasteiger partial charge in [0.05, 0.1) is 0 Å². The van der Waals surface area contributed by atoms with Crippen LogP contribution in [0.1, 0.15) is 23.3 Å². The normalized spacial score (nSPS) is 12.3. The van der Waals surface area contributed by atoms with Crippen molar-refractivity contribution >= 4 is 28.9 Å². The molecule has 2 aromatic rings. The number of thiophene rings is 1. The monoisotopic (exact) mass is 276 g/mol. The van der Waals surface area contributed by atoms with Crippen molar-refractivity contribution in [3.8, 4) is 0 Å². The lowest BCUT2D eigenvalue weighted by atomic mass is 9.98. The van der Waals surface area contributed by atoms with Crippen molar-refractivity contribution in [2.45, 2.75) is 24.2 Å². The van der Waals surface area contributed by atoms with E-state index < -0.39 is 0 Å². The van der Waals surface area contributed by atoms with Gasteiger partial charge < -0.3 is 0 Å². The van der Waals surface area contributed by atoms with E-state index in [9.17, 15) is 4.79 Å². The van der Waals surface area contributed by atoms with Crippen LogP contribution in [0, 0.1) is 0 Å². The summed E-state index contributed by atoms with van der Waals surface area (Å²) in [4.78, 5) is 14.6. The predicted molar refractivity (Wildman–Crippen MR) is 79.7 cm³/mol. The first-order chi connectivity index (χ1) is 8.70. The summed E-state index contributed by atoms with van der Waals surface area (Å²) in [6.45, 7) is 1.99. The number of carbonyl (C=O) groups is 1. The highest BCUT2D eigenvalue weighted by Crippen LogP contribution is 2.23. The average Bonchev–Trinajstić information content (AvgIpc) is 2.92. The maximum Gasteiger partial charge on any atom is 0.145 e. The number of hydrogen-bond donors (Lipinski definition) is 0. The van der Waals surface area contributed by atoms with Gasteiger partial charge in [-0.05, 0) is 35.4 Å². The zero-order valence-electron chi connectivity index (χ0n) is 10.6. The highest BCUT2D eigenvalue weighted by molar-refractivity contribution is 7.98. The van der Waals surface area contributed by atoms with Gasteiger partial charge in [-0.25, -0.2) is 0 Å². The summed E-state index contributed by atoms with van der Waals surface area (Å²) in [6, 6.07) is 12.3. The fraction of sp³-hybridized carbons (Fsp3) is 0.267. The minimum Gasteiger partial charge on any atom is -0.299 e. The van der Waals surface area contributed by atoms with Crippen LogP contribution < -0.4 is 0 Å². The lowest BCUT2D eigenvalue weighted by molar-refractivity contribution is -0.119. The molecule has 0 fully saturated rings. The van der Waals surface area contributed by atoms with Crippen LogP contribution in [0.2, 0.25) is 0 Å². The Balaban J connectivity index is 2.02. The SMILES string of the molecule is CSc1ccc(CC(=O)C(C)c2cccs2)cc1. The fourth-order valence-corrected chi connectivity index (χ4v) is 3.01. The van der Waals surface area contributed by atoms with E-state index in [1.54, 1.807) is 23.1 Å². The van der Waals surface area contributed by atoms with Gasteiger partial charge in [-0.2, -0.15) is 0 Å². The van der Waals surface area contributed by atoms with Crippen molar-refractivity contribution in [1.82, 2.24) is 0 Å². The summed E-state index contributed by atoms with van der Waals surface area (Å²) in [5.74, 6) is 0.291. The molecule has 18 heavy (non-hydrogen) atoms. The molecule has 0 saturated carbocycles. The van der Waals surface area contributed by atoms with Gasteiger partial charge in [0, 0.05) is 22.1 Å². The largest absolute Gasteiger partial charge is 0.299 e. The number of hydrogen-bond acceptors (Lipinski definition) is 3. The van der Waals surface area contributed by atoms with Gasteiger partial charge in [-0.15, -0.1) is 23.1 Å². The van der Waals surface area contributed by atoms with Gasteiger partial charge in [0.2, 0.25) is 0 Å². The van der Waals surface area contributed by atoms with Crippen molar-refractivity contribution < 1.29 is 4.79 Å². The van der Waals surface area contributed by atoms with E-state index >= 15 is 0 Å². The molecule has 2 rings (SSSR count). The number of carbonyl (C=O) groups excluding carboxylic acids is 1. The second kappa shape index (κ2) is 6.21. The van der Waals surface area contributed by atoms with Crippen molar-refractivity contribution in [3.05, 3.63) is 52.2 Å². The molecule has 1 nitrogen and oxygen atoms in total. The van der Waals surface area contributed by atoms with Crippen molar-refractivity contribution in [2.24, 2.45) is 0 Å². The summed E-state index contributed by atoms with van der Waals surface area (Å²) < 4.78 is 0. The Labute approximate surface area is 116 Å². The highest BCUT2D eigenvalue weighted by atomic mass is 32.2. The van der Waals surface area contributed by atoms with Crippen LogP contribution in [0.5, 0.6) is 0 Å². The first kappa shape index (κ1) is 13.4. The topological polar surface area (TPSA) is 17.1 Å². The van der Waals surface area contributed by atoms with E-state index in [4.69, 9.17) is 0 Å². The summed E-state index contributed by atoms with van der Waals surface area (Å²) in [6.07, 6.45) is 2.58. The lowest BCUT2D eigenvalue weighted by Gasteiger charge is -2.08. The lowest BCUT2D eigenvalue weighted by Crippen LogP contribution is -2.10. The van der Waals surface area contributed by atoms with Crippen LogP contribution in [0.25, 0.3) is 0 Å². The molecule has 0 aliphatic carbocycles. The van der Waals surface area contributed by atoms with Crippen molar-refractivity contribution in [3.63, 3.8) is 0 Å². The standard InChI is InChI=1S/C15H16OS2/c1-11(15-4-3-9-18-15)14(16)10-12-5-7-13(17-2)8-6-12/h3-9,11H,10H2,1-2H3. The molecule has 0 N–H and O–H groups in total. The molecule has 94 valence electrons. The van der Waals surface area contributed by atoms with E-state index in [1.165, 1.54) is 4.90 Å². The minimum absolute atomic E-state index is 0.00484. The van der Waals surface area contributed by atoms with E-state index in [0.29, 0.717) is 6.42 Å². The summed E-state index contributed by atoms with van der Waals surface area (Å²) in [5, 5.41) is 2.02. The third-order valence-corrected chi connectivity index (χ3v) is 4.79. The van der Waals surface area contributed by atoms with E-state index in [-0.39, 0.29) is 11.7 Å². The zero-order chi connectivity index (χ0) is 13.0. The quantitative estimate of drug-likeness (QED) is 0.754. The molecular formula is C15H16OS2. The number of thioether (sulfide) groups is 1.